The second-order valence-corrected chi connectivity index (χ2v) is 11.9. The molecule has 1 aliphatic heterocycles. The summed E-state index contributed by atoms with van der Waals surface area (Å²) in [5.74, 6) is 0. The predicted molar refractivity (Wildman–Crippen MR) is 166 cm³/mol. The fraction of sp³-hybridized carbons (Fsp3) is 0.216. The molecular formula is C37H34N3+. The van der Waals surface area contributed by atoms with Gasteiger partial charge in [0.1, 0.15) is 17.9 Å². The molecule has 40 heavy (non-hydrogen) atoms. The molecule has 2 unspecified atom stereocenters. The van der Waals surface area contributed by atoms with Crippen LogP contribution in [-0.2, 0) is 11.0 Å². The van der Waals surface area contributed by atoms with Crippen LogP contribution in [0.15, 0.2) is 110 Å². The Hall–Kier alpha value is -4.37. The van der Waals surface area contributed by atoms with E-state index >= 15 is 0 Å². The average Bonchev–Trinajstić information content (AvgIpc) is 3.60. The van der Waals surface area contributed by atoms with Crippen LogP contribution >= 0.6 is 0 Å². The first-order chi connectivity index (χ1) is 19.5. The second kappa shape index (κ2) is 8.08. The molecule has 196 valence electrons. The molecule has 2 atom stereocenters. The average molecular weight is 521 g/mol. The third-order valence-corrected chi connectivity index (χ3v) is 10.4. The van der Waals surface area contributed by atoms with E-state index in [-0.39, 0.29) is 11.0 Å². The van der Waals surface area contributed by atoms with Gasteiger partial charge in [-0.2, -0.15) is 0 Å². The van der Waals surface area contributed by atoms with Crippen molar-refractivity contribution in [1.29, 1.82) is 0 Å². The van der Waals surface area contributed by atoms with Crippen molar-refractivity contribution in [3.05, 3.63) is 115 Å². The molecule has 0 fully saturated rings. The SMILES string of the molecule is CCC1(C)c2ccc(-c3ccc(-n4c5ccccc5c5ccccc54)cc3)c3ccn4cc[n+](c4c23)C1(C)CC. The summed E-state index contributed by atoms with van der Waals surface area (Å²) >= 11 is 0. The van der Waals surface area contributed by atoms with Crippen molar-refractivity contribution in [2.24, 2.45) is 0 Å². The molecule has 4 heterocycles. The minimum absolute atomic E-state index is 0.0171. The maximum Gasteiger partial charge on any atom is 0.294 e. The van der Waals surface area contributed by atoms with Crippen molar-refractivity contribution < 1.29 is 4.57 Å². The van der Waals surface area contributed by atoms with E-state index in [1.165, 1.54) is 60.6 Å². The van der Waals surface area contributed by atoms with Gasteiger partial charge in [-0.15, -0.1) is 0 Å². The quantitative estimate of drug-likeness (QED) is 0.206. The fourth-order valence-electron chi connectivity index (χ4n) is 7.75. The van der Waals surface area contributed by atoms with Gasteiger partial charge in [-0.05, 0) is 66.8 Å². The summed E-state index contributed by atoms with van der Waals surface area (Å²) in [6.45, 7) is 9.60. The Morgan fingerprint density at radius 1 is 0.675 bits per heavy atom. The van der Waals surface area contributed by atoms with Crippen molar-refractivity contribution in [2.45, 2.75) is 51.5 Å². The van der Waals surface area contributed by atoms with E-state index in [0.29, 0.717) is 0 Å². The van der Waals surface area contributed by atoms with E-state index < -0.39 is 0 Å². The Morgan fingerprint density at radius 3 is 2.00 bits per heavy atom. The van der Waals surface area contributed by atoms with Crippen LogP contribution in [0.4, 0.5) is 0 Å². The van der Waals surface area contributed by atoms with Crippen molar-refractivity contribution in [3.8, 4) is 16.8 Å². The van der Waals surface area contributed by atoms with Gasteiger partial charge in [0.15, 0.2) is 0 Å². The lowest BCUT2D eigenvalue weighted by molar-refractivity contribution is -0.750. The summed E-state index contributed by atoms with van der Waals surface area (Å²) in [6, 6.07) is 33.7. The molecule has 0 aliphatic carbocycles. The number of imidazole rings is 1. The third-order valence-electron chi connectivity index (χ3n) is 10.4. The summed E-state index contributed by atoms with van der Waals surface area (Å²) in [5, 5.41) is 5.31. The Bertz CT molecular complexity index is 2060. The minimum atomic E-state index is 0.0171. The molecular weight excluding hydrogens is 486 g/mol. The zero-order valence-corrected chi connectivity index (χ0v) is 23.6. The van der Waals surface area contributed by atoms with Crippen LogP contribution in [0.3, 0.4) is 0 Å². The van der Waals surface area contributed by atoms with Gasteiger partial charge in [-0.1, -0.05) is 81.4 Å². The normalized spacial score (nSPS) is 20.4. The molecule has 3 heteroatoms. The van der Waals surface area contributed by atoms with E-state index in [0.717, 1.165) is 12.8 Å². The molecule has 3 aromatic heterocycles. The van der Waals surface area contributed by atoms with Crippen LogP contribution in [0.25, 0.3) is 55.0 Å². The highest BCUT2D eigenvalue weighted by atomic mass is 15.2. The van der Waals surface area contributed by atoms with Crippen molar-refractivity contribution in [1.82, 2.24) is 8.97 Å². The van der Waals surface area contributed by atoms with E-state index in [1.807, 2.05) is 0 Å². The standard InChI is InChI=1S/C37H34N3/c1-5-36(3)31-20-19-27(30-21-22-38-23-24-39(35(38)34(30)31)37(36,4)6-2)25-15-17-26(18-16-25)40-32-13-9-7-11-28(32)29-12-8-10-14-33(29)40/h7-24H,5-6H2,1-4H3/q+1. The van der Waals surface area contributed by atoms with Gasteiger partial charge in [0.2, 0.25) is 0 Å². The summed E-state index contributed by atoms with van der Waals surface area (Å²) in [6.07, 6.45) is 8.93. The number of rotatable bonds is 4. The van der Waals surface area contributed by atoms with Gasteiger partial charge in [0.25, 0.3) is 5.65 Å². The third kappa shape index (κ3) is 2.77. The van der Waals surface area contributed by atoms with Crippen LogP contribution in [-0.4, -0.2) is 8.97 Å². The monoisotopic (exact) mass is 520 g/mol. The lowest BCUT2D eigenvalue weighted by Gasteiger charge is -2.46. The van der Waals surface area contributed by atoms with Gasteiger partial charge in [-0.3, -0.25) is 0 Å². The molecule has 0 spiro atoms. The summed E-state index contributed by atoms with van der Waals surface area (Å²) < 4.78 is 7.25. The summed E-state index contributed by atoms with van der Waals surface area (Å²) in [5.41, 5.74) is 9.06. The highest BCUT2D eigenvalue weighted by Crippen LogP contribution is 2.50. The van der Waals surface area contributed by atoms with E-state index in [1.54, 1.807) is 0 Å². The maximum atomic E-state index is 2.56. The molecule has 0 bridgehead atoms. The number of fused-ring (bicyclic) bond motifs is 3. The van der Waals surface area contributed by atoms with E-state index in [4.69, 9.17) is 0 Å². The smallest absolute Gasteiger partial charge is 0.294 e. The molecule has 4 aromatic carbocycles. The zero-order chi connectivity index (χ0) is 27.2. The van der Waals surface area contributed by atoms with Crippen molar-refractivity contribution in [2.75, 3.05) is 0 Å². The topological polar surface area (TPSA) is 13.2 Å². The van der Waals surface area contributed by atoms with Gasteiger partial charge < -0.3 is 4.57 Å². The first-order valence-corrected chi connectivity index (χ1v) is 14.6. The molecule has 0 N–H and O–H groups in total. The van der Waals surface area contributed by atoms with Gasteiger partial charge in [0, 0.05) is 27.3 Å². The number of aromatic nitrogens is 3. The maximum absolute atomic E-state index is 2.56. The first-order valence-electron chi connectivity index (χ1n) is 14.6. The van der Waals surface area contributed by atoms with Crippen LogP contribution in [0.5, 0.6) is 0 Å². The minimum Gasteiger partial charge on any atom is -0.309 e. The summed E-state index contributed by atoms with van der Waals surface area (Å²) in [7, 11) is 0. The molecule has 0 saturated heterocycles. The van der Waals surface area contributed by atoms with Crippen LogP contribution in [0.1, 0.15) is 46.1 Å². The van der Waals surface area contributed by atoms with Gasteiger partial charge in [0.05, 0.1) is 22.6 Å². The zero-order valence-electron chi connectivity index (χ0n) is 23.6. The Morgan fingerprint density at radius 2 is 1.35 bits per heavy atom. The largest absolute Gasteiger partial charge is 0.309 e. The molecule has 7 aromatic rings. The predicted octanol–water partition coefficient (Wildman–Crippen LogP) is 8.95. The number of para-hydroxylation sites is 2. The van der Waals surface area contributed by atoms with E-state index in [2.05, 4.69) is 151 Å². The highest BCUT2D eigenvalue weighted by Gasteiger charge is 2.53. The molecule has 8 rings (SSSR count). The highest BCUT2D eigenvalue weighted by molar-refractivity contribution is 6.09. The second-order valence-electron chi connectivity index (χ2n) is 11.9. The first kappa shape index (κ1) is 23.5. The van der Waals surface area contributed by atoms with Gasteiger partial charge >= 0.3 is 0 Å². The van der Waals surface area contributed by atoms with Crippen molar-refractivity contribution >= 4 is 38.2 Å². The van der Waals surface area contributed by atoms with Crippen LogP contribution in [0, 0.1) is 0 Å². The number of benzene rings is 4. The Labute approximate surface area is 234 Å². The van der Waals surface area contributed by atoms with Crippen LogP contribution < -0.4 is 4.57 Å². The lowest BCUT2D eigenvalue weighted by Crippen LogP contribution is -2.65. The molecule has 0 saturated carbocycles. The van der Waals surface area contributed by atoms with Gasteiger partial charge in [-0.25, -0.2) is 8.97 Å². The Balaban J connectivity index is 1.34. The fourth-order valence-corrected chi connectivity index (χ4v) is 7.75. The Kier molecular flexibility index (Phi) is 4.75. The van der Waals surface area contributed by atoms with Crippen molar-refractivity contribution in [3.63, 3.8) is 0 Å². The number of hydrogen-bond acceptors (Lipinski definition) is 0. The molecule has 0 radical (unpaired) electrons. The lowest BCUT2D eigenvalue weighted by atomic mass is 9.61. The molecule has 3 nitrogen and oxygen atoms in total. The number of nitrogens with zero attached hydrogens (tertiary/aromatic N) is 3. The molecule has 0 amide bonds. The van der Waals surface area contributed by atoms with E-state index in [9.17, 15) is 0 Å². The number of hydrogen-bond donors (Lipinski definition) is 0. The van der Waals surface area contributed by atoms with Crippen LogP contribution in [0.2, 0.25) is 0 Å². The number of pyridine rings is 1. The molecule has 1 aliphatic rings. The summed E-state index contributed by atoms with van der Waals surface area (Å²) in [4.78, 5) is 0.